The Bertz CT molecular complexity index is 463. The van der Waals surface area contributed by atoms with Gasteiger partial charge in [0.05, 0.1) is 18.7 Å². The van der Waals surface area contributed by atoms with Crippen molar-refractivity contribution >= 4 is 11.6 Å². The molecule has 1 aliphatic heterocycles. The Balaban J connectivity index is 2.02. The van der Waals surface area contributed by atoms with Crippen LogP contribution in [0.3, 0.4) is 0 Å². The maximum atomic E-state index is 14.2. The zero-order valence-corrected chi connectivity index (χ0v) is 11.1. The first-order chi connectivity index (χ1) is 9.22. The van der Waals surface area contributed by atoms with E-state index in [0.717, 1.165) is 12.1 Å². The summed E-state index contributed by atoms with van der Waals surface area (Å²) in [5, 5.41) is 5.80. The molecule has 5 heteroatoms. The van der Waals surface area contributed by atoms with Crippen LogP contribution in [0.5, 0.6) is 0 Å². The molecule has 1 aliphatic rings. The zero-order chi connectivity index (χ0) is 13.7. The van der Waals surface area contributed by atoms with Crippen LogP contribution in [-0.4, -0.2) is 25.7 Å². The number of carbonyl (C=O) groups is 1. The molecule has 0 saturated heterocycles. The maximum absolute atomic E-state index is 14.2. The third kappa shape index (κ3) is 3.52. The quantitative estimate of drug-likeness (QED) is 0.800. The number of carbonyl (C=O) groups excluding carboxylic acids is 1. The first-order valence-electron chi connectivity index (χ1n) is 6.61. The first kappa shape index (κ1) is 14.0. The van der Waals surface area contributed by atoms with E-state index in [2.05, 4.69) is 10.6 Å². The summed E-state index contributed by atoms with van der Waals surface area (Å²) in [7, 11) is 0. The standard InChI is InChI=1S/C14H19FN2O2/c1-2-19-8-6-13(18)17-12-4-3-10-9-16-7-5-11(10)14(12)15/h3-4,16H,2,5-9H2,1H3,(H,17,18). The van der Waals surface area contributed by atoms with Crippen molar-refractivity contribution in [2.75, 3.05) is 25.1 Å². The van der Waals surface area contributed by atoms with Crippen LogP contribution in [0.4, 0.5) is 10.1 Å². The highest BCUT2D eigenvalue weighted by Crippen LogP contribution is 2.24. The Hall–Kier alpha value is -1.46. The second kappa shape index (κ2) is 6.63. The molecule has 0 aliphatic carbocycles. The monoisotopic (exact) mass is 266 g/mol. The number of halogens is 1. The zero-order valence-electron chi connectivity index (χ0n) is 11.1. The Morgan fingerprint density at radius 1 is 1.53 bits per heavy atom. The van der Waals surface area contributed by atoms with Gasteiger partial charge in [-0.3, -0.25) is 4.79 Å². The van der Waals surface area contributed by atoms with Gasteiger partial charge in [0, 0.05) is 13.2 Å². The van der Waals surface area contributed by atoms with Crippen LogP contribution >= 0.6 is 0 Å². The van der Waals surface area contributed by atoms with Crippen LogP contribution in [0.1, 0.15) is 24.5 Å². The summed E-state index contributed by atoms with van der Waals surface area (Å²) in [5.74, 6) is -0.523. The molecule has 4 nitrogen and oxygen atoms in total. The van der Waals surface area contributed by atoms with Gasteiger partial charge in [-0.05, 0) is 37.1 Å². The Morgan fingerprint density at radius 3 is 3.16 bits per heavy atom. The number of benzene rings is 1. The molecule has 1 heterocycles. The van der Waals surface area contributed by atoms with Gasteiger partial charge in [-0.1, -0.05) is 6.07 Å². The molecule has 0 atom stereocenters. The lowest BCUT2D eigenvalue weighted by atomic mass is 9.99. The van der Waals surface area contributed by atoms with E-state index in [1.807, 2.05) is 13.0 Å². The molecule has 0 unspecified atom stereocenters. The molecular formula is C14H19FN2O2. The fraction of sp³-hybridized carbons (Fsp3) is 0.500. The van der Waals surface area contributed by atoms with Crippen LogP contribution in [0.15, 0.2) is 12.1 Å². The van der Waals surface area contributed by atoms with E-state index >= 15 is 0 Å². The number of hydrogen-bond donors (Lipinski definition) is 2. The summed E-state index contributed by atoms with van der Waals surface area (Å²) in [6.45, 7) is 4.26. The fourth-order valence-corrected chi connectivity index (χ4v) is 2.15. The summed E-state index contributed by atoms with van der Waals surface area (Å²) >= 11 is 0. The summed E-state index contributed by atoms with van der Waals surface area (Å²) in [6, 6.07) is 3.49. The van der Waals surface area contributed by atoms with E-state index in [-0.39, 0.29) is 23.8 Å². The predicted octanol–water partition coefficient (Wildman–Crippen LogP) is 1.84. The van der Waals surface area contributed by atoms with E-state index in [9.17, 15) is 9.18 Å². The van der Waals surface area contributed by atoms with Crippen molar-refractivity contribution in [1.82, 2.24) is 5.32 Å². The Labute approximate surface area is 112 Å². The molecule has 0 radical (unpaired) electrons. The van der Waals surface area contributed by atoms with Crippen LogP contribution < -0.4 is 10.6 Å². The Kier molecular flexibility index (Phi) is 4.87. The number of fused-ring (bicyclic) bond motifs is 1. The van der Waals surface area contributed by atoms with Crippen LogP contribution in [-0.2, 0) is 22.5 Å². The molecule has 1 amide bonds. The van der Waals surface area contributed by atoms with Crippen molar-refractivity contribution in [1.29, 1.82) is 0 Å². The fourth-order valence-electron chi connectivity index (χ4n) is 2.15. The Morgan fingerprint density at radius 2 is 2.37 bits per heavy atom. The lowest BCUT2D eigenvalue weighted by molar-refractivity contribution is -0.117. The topological polar surface area (TPSA) is 50.4 Å². The molecule has 2 rings (SSSR count). The van der Waals surface area contributed by atoms with E-state index < -0.39 is 0 Å². The molecule has 0 aromatic heterocycles. The van der Waals surface area contributed by atoms with E-state index in [4.69, 9.17) is 4.74 Å². The number of rotatable bonds is 5. The van der Waals surface area contributed by atoms with E-state index in [0.29, 0.717) is 31.7 Å². The summed E-state index contributed by atoms with van der Waals surface area (Å²) in [6.07, 6.45) is 0.899. The maximum Gasteiger partial charge on any atom is 0.226 e. The molecule has 2 N–H and O–H groups in total. The van der Waals surface area contributed by atoms with Crippen molar-refractivity contribution in [2.24, 2.45) is 0 Å². The van der Waals surface area contributed by atoms with Crippen LogP contribution in [0, 0.1) is 5.82 Å². The van der Waals surface area contributed by atoms with Crippen molar-refractivity contribution in [3.05, 3.63) is 29.1 Å². The molecule has 0 fully saturated rings. The van der Waals surface area contributed by atoms with Gasteiger partial charge in [0.15, 0.2) is 0 Å². The molecule has 0 saturated carbocycles. The van der Waals surface area contributed by atoms with Gasteiger partial charge in [-0.2, -0.15) is 0 Å². The van der Waals surface area contributed by atoms with Crippen LogP contribution in [0.25, 0.3) is 0 Å². The lowest BCUT2D eigenvalue weighted by Crippen LogP contribution is -2.25. The van der Waals surface area contributed by atoms with Gasteiger partial charge in [0.1, 0.15) is 5.82 Å². The van der Waals surface area contributed by atoms with Crippen LogP contribution in [0.2, 0.25) is 0 Å². The summed E-state index contributed by atoms with van der Waals surface area (Å²) in [4.78, 5) is 11.6. The van der Waals surface area contributed by atoms with Crippen molar-refractivity contribution < 1.29 is 13.9 Å². The van der Waals surface area contributed by atoms with Gasteiger partial charge in [-0.15, -0.1) is 0 Å². The van der Waals surface area contributed by atoms with Gasteiger partial charge in [0.2, 0.25) is 5.91 Å². The lowest BCUT2D eigenvalue weighted by Gasteiger charge is -2.19. The normalized spacial score (nSPS) is 14.0. The molecule has 1 aromatic rings. The predicted molar refractivity (Wildman–Crippen MR) is 71.6 cm³/mol. The smallest absolute Gasteiger partial charge is 0.226 e. The summed E-state index contributed by atoms with van der Waals surface area (Å²) in [5.41, 5.74) is 1.94. The second-order valence-electron chi connectivity index (χ2n) is 4.49. The number of anilines is 1. The molecular weight excluding hydrogens is 247 g/mol. The van der Waals surface area contributed by atoms with Crippen molar-refractivity contribution in [3.63, 3.8) is 0 Å². The third-order valence-corrected chi connectivity index (χ3v) is 3.16. The first-order valence-corrected chi connectivity index (χ1v) is 6.61. The van der Waals surface area contributed by atoms with Crippen molar-refractivity contribution in [2.45, 2.75) is 26.3 Å². The second-order valence-corrected chi connectivity index (χ2v) is 4.49. The highest BCUT2D eigenvalue weighted by atomic mass is 19.1. The van der Waals surface area contributed by atoms with Gasteiger partial charge < -0.3 is 15.4 Å². The number of amides is 1. The number of nitrogens with one attached hydrogen (secondary N) is 2. The molecule has 104 valence electrons. The minimum atomic E-state index is -0.302. The SMILES string of the molecule is CCOCCC(=O)Nc1ccc2c(c1F)CCNC2. The molecule has 1 aromatic carbocycles. The van der Waals surface area contributed by atoms with E-state index in [1.54, 1.807) is 6.07 Å². The number of ether oxygens (including phenoxy) is 1. The van der Waals surface area contributed by atoms with Gasteiger partial charge in [-0.25, -0.2) is 4.39 Å². The average molecular weight is 266 g/mol. The largest absolute Gasteiger partial charge is 0.381 e. The molecule has 0 spiro atoms. The third-order valence-electron chi connectivity index (χ3n) is 3.16. The van der Waals surface area contributed by atoms with Crippen molar-refractivity contribution in [3.8, 4) is 0 Å². The molecule has 19 heavy (non-hydrogen) atoms. The molecule has 0 bridgehead atoms. The summed E-state index contributed by atoms with van der Waals surface area (Å²) < 4.78 is 19.3. The van der Waals surface area contributed by atoms with E-state index in [1.165, 1.54) is 0 Å². The van der Waals surface area contributed by atoms with Gasteiger partial charge >= 0.3 is 0 Å². The average Bonchev–Trinajstić information content (AvgIpc) is 2.43. The highest BCUT2D eigenvalue weighted by Gasteiger charge is 2.17. The highest BCUT2D eigenvalue weighted by molar-refractivity contribution is 5.91. The number of hydrogen-bond acceptors (Lipinski definition) is 3. The van der Waals surface area contributed by atoms with Gasteiger partial charge in [0.25, 0.3) is 0 Å². The minimum absolute atomic E-state index is 0.221. The minimum Gasteiger partial charge on any atom is -0.381 e.